The van der Waals surface area contributed by atoms with Gasteiger partial charge < -0.3 is 10.1 Å². The Hall–Kier alpha value is -0.730. The van der Waals surface area contributed by atoms with E-state index in [-0.39, 0.29) is 18.3 Å². The fraction of sp³-hybridized carbons (Fsp3) is 0.556. The standard InChI is InChI=1S/C9H11ClF3N3OS/c1-18-8-15-6(10)4-7(16-8)14-2-3-17-5-9(11,12)13/h4H,2-3,5H2,1H3,(H,14,15,16). The number of nitrogens with one attached hydrogen (secondary N) is 1. The first-order valence-corrected chi connectivity index (χ1v) is 6.48. The Labute approximate surface area is 111 Å². The third kappa shape index (κ3) is 6.27. The highest BCUT2D eigenvalue weighted by Crippen LogP contribution is 2.17. The molecule has 0 unspecified atom stereocenters. The summed E-state index contributed by atoms with van der Waals surface area (Å²) in [6.07, 6.45) is -2.51. The molecule has 0 saturated carbocycles. The second-order valence-corrected chi connectivity index (χ2v) is 4.32. The van der Waals surface area contributed by atoms with Crippen molar-refractivity contribution in [2.75, 3.05) is 31.3 Å². The summed E-state index contributed by atoms with van der Waals surface area (Å²) < 4.78 is 39.8. The van der Waals surface area contributed by atoms with Gasteiger partial charge in [0.2, 0.25) is 0 Å². The molecule has 1 aromatic rings. The van der Waals surface area contributed by atoms with Gasteiger partial charge in [0.1, 0.15) is 17.6 Å². The van der Waals surface area contributed by atoms with Gasteiger partial charge in [0.25, 0.3) is 0 Å². The largest absolute Gasteiger partial charge is 0.411 e. The second kappa shape index (κ2) is 7.01. The number of halogens is 4. The average molecular weight is 302 g/mol. The van der Waals surface area contributed by atoms with Crippen LogP contribution in [-0.2, 0) is 4.74 Å². The van der Waals surface area contributed by atoms with Crippen molar-refractivity contribution in [1.82, 2.24) is 9.97 Å². The molecule has 0 radical (unpaired) electrons. The van der Waals surface area contributed by atoms with Gasteiger partial charge in [-0.2, -0.15) is 13.2 Å². The van der Waals surface area contributed by atoms with Crippen molar-refractivity contribution in [3.63, 3.8) is 0 Å². The number of alkyl halides is 3. The van der Waals surface area contributed by atoms with Crippen LogP contribution < -0.4 is 5.32 Å². The number of nitrogens with zero attached hydrogens (tertiary/aromatic N) is 2. The number of hydrogen-bond donors (Lipinski definition) is 1. The molecule has 0 aromatic carbocycles. The summed E-state index contributed by atoms with van der Waals surface area (Å²) >= 11 is 7.06. The molecule has 1 aromatic heterocycles. The first-order chi connectivity index (χ1) is 8.40. The van der Waals surface area contributed by atoms with Crippen LogP contribution in [-0.4, -0.2) is 42.2 Å². The van der Waals surface area contributed by atoms with Crippen molar-refractivity contribution in [3.8, 4) is 0 Å². The summed E-state index contributed by atoms with van der Waals surface area (Å²) in [6.45, 7) is -1.12. The minimum Gasteiger partial charge on any atom is -0.370 e. The molecular weight excluding hydrogens is 291 g/mol. The summed E-state index contributed by atoms with van der Waals surface area (Å²) in [5.41, 5.74) is 0. The minimum absolute atomic E-state index is 0.0737. The van der Waals surface area contributed by atoms with Crippen LogP contribution in [0.1, 0.15) is 0 Å². The summed E-state index contributed by atoms with van der Waals surface area (Å²) in [4.78, 5) is 8.00. The molecule has 0 atom stereocenters. The van der Waals surface area contributed by atoms with Gasteiger partial charge in [0, 0.05) is 12.6 Å². The maximum atomic E-state index is 11.8. The van der Waals surface area contributed by atoms with E-state index in [0.717, 1.165) is 0 Å². The maximum Gasteiger partial charge on any atom is 0.411 e. The summed E-state index contributed by atoms with van der Waals surface area (Å²) in [5, 5.41) is 3.56. The number of rotatable bonds is 6. The quantitative estimate of drug-likeness (QED) is 0.379. The van der Waals surface area contributed by atoms with Crippen LogP contribution in [0.4, 0.5) is 19.0 Å². The highest BCUT2D eigenvalue weighted by Gasteiger charge is 2.27. The normalized spacial score (nSPS) is 11.6. The fourth-order valence-corrected chi connectivity index (χ4v) is 1.63. The lowest BCUT2D eigenvalue weighted by molar-refractivity contribution is -0.172. The second-order valence-electron chi connectivity index (χ2n) is 3.16. The van der Waals surface area contributed by atoms with Gasteiger partial charge in [0.05, 0.1) is 6.61 Å². The Kier molecular flexibility index (Phi) is 5.97. The molecule has 1 heterocycles. The monoisotopic (exact) mass is 301 g/mol. The number of ether oxygens (including phenoxy) is 1. The van der Waals surface area contributed by atoms with Gasteiger partial charge in [-0.25, -0.2) is 9.97 Å². The van der Waals surface area contributed by atoms with Crippen molar-refractivity contribution >= 4 is 29.2 Å². The predicted molar refractivity (Wildman–Crippen MR) is 64.2 cm³/mol. The number of aromatic nitrogens is 2. The van der Waals surface area contributed by atoms with Crippen molar-refractivity contribution in [1.29, 1.82) is 0 Å². The fourth-order valence-electron chi connectivity index (χ4n) is 1.02. The lowest BCUT2D eigenvalue weighted by Crippen LogP contribution is -2.20. The van der Waals surface area contributed by atoms with Crippen molar-refractivity contribution in [2.45, 2.75) is 11.3 Å². The smallest absolute Gasteiger partial charge is 0.370 e. The first kappa shape index (κ1) is 15.3. The molecule has 0 saturated heterocycles. The zero-order chi connectivity index (χ0) is 13.6. The molecule has 102 valence electrons. The maximum absolute atomic E-state index is 11.8. The highest BCUT2D eigenvalue weighted by molar-refractivity contribution is 7.98. The minimum atomic E-state index is -4.30. The molecule has 1 N–H and O–H groups in total. The predicted octanol–water partition coefficient (Wildman–Crippen LogP) is 2.84. The molecule has 1 rings (SSSR count). The Morgan fingerprint density at radius 2 is 2.17 bits per heavy atom. The van der Waals surface area contributed by atoms with Crippen LogP contribution in [0.5, 0.6) is 0 Å². The zero-order valence-electron chi connectivity index (χ0n) is 9.42. The Balaban J connectivity index is 2.33. The lowest BCUT2D eigenvalue weighted by atomic mass is 10.5. The molecule has 0 fully saturated rings. The summed E-state index contributed by atoms with van der Waals surface area (Å²) in [7, 11) is 0. The average Bonchev–Trinajstić information content (AvgIpc) is 2.26. The Morgan fingerprint density at radius 1 is 1.44 bits per heavy atom. The van der Waals surface area contributed by atoms with Crippen LogP contribution in [0.15, 0.2) is 11.2 Å². The molecular formula is C9H11ClF3N3OS. The van der Waals surface area contributed by atoms with E-state index in [9.17, 15) is 13.2 Å². The summed E-state index contributed by atoms with van der Waals surface area (Å²) in [6, 6.07) is 1.49. The van der Waals surface area contributed by atoms with E-state index in [2.05, 4.69) is 20.0 Å². The SMILES string of the molecule is CSc1nc(Cl)cc(NCCOCC(F)(F)F)n1. The molecule has 0 spiro atoms. The van der Waals surface area contributed by atoms with Gasteiger partial charge in [0.15, 0.2) is 5.16 Å². The van der Waals surface area contributed by atoms with Gasteiger partial charge in [-0.05, 0) is 6.26 Å². The zero-order valence-corrected chi connectivity index (χ0v) is 11.0. The number of hydrogen-bond acceptors (Lipinski definition) is 5. The van der Waals surface area contributed by atoms with Crippen LogP contribution in [0.25, 0.3) is 0 Å². The first-order valence-electron chi connectivity index (χ1n) is 4.87. The van der Waals surface area contributed by atoms with Crippen LogP contribution in [0, 0.1) is 0 Å². The van der Waals surface area contributed by atoms with Gasteiger partial charge >= 0.3 is 6.18 Å². The number of anilines is 1. The van der Waals surface area contributed by atoms with Crippen molar-refractivity contribution in [2.24, 2.45) is 0 Å². The van der Waals surface area contributed by atoms with Crippen molar-refractivity contribution < 1.29 is 17.9 Å². The van der Waals surface area contributed by atoms with E-state index in [1.165, 1.54) is 17.8 Å². The van der Waals surface area contributed by atoms with E-state index in [4.69, 9.17) is 11.6 Å². The van der Waals surface area contributed by atoms with E-state index in [1.807, 2.05) is 0 Å². The van der Waals surface area contributed by atoms with Gasteiger partial charge in [-0.1, -0.05) is 23.4 Å². The van der Waals surface area contributed by atoms with Crippen LogP contribution in [0.3, 0.4) is 0 Å². The van der Waals surface area contributed by atoms with E-state index in [1.54, 1.807) is 6.26 Å². The lowest BCUT2D eigenvalue weighted by Gasteiger charge is -2.09. The van der Waals surface area contributed by atoms with Crippen LogP contribution in [0.2, 0.25) is 5.15 Å². The third-order valence-corrected chi connectivity index (χ3v) is 2.42. The molecule has 0 amide bonds. The van der Waals surface area contributed by atoms with E-state index in [0.29, 0.717) is 11.0 Å². The topological polar surface area (TPSA) is 47.0 Å². The Bertz CT molecular complexity index is 392. The van der Waals surface area contributed by atoms with Crippen LogP contribution >= 0.6 is 23.4 Å². The molecule has 0 bridgehead atoms. The summed E-state index contributed by atoms with van der Waals surface area (Å²) in [5.74, 6) is 0.454. The number of thioether (sulfide) groups is 1. The molecule has 0 aliphatic heterocycles. The van der Waals surface area contributed by atoms with Gasteiger partial charge in [-0.15, -0.1) is 0 Å². The van der Waals surface area contributed by atoms with E-state index >= 15 is 0 Å². The molecule has 18 heavy (non-hydrogen) atoms. The molecule has 4 nitrogen and oxygen atoms in total. The molecule has 0 aliphatic carbocycles. The van der Waals surface area contributed by atoms with Crippen molar-refractivity contribution in [3.05, 3.63) is 11.2 Å². The molecule has 0 aliphatic rings. The van der Waals surface area contributed by atoms with E-state index < -0.39 is 12.8 Å². The molecule has 9 heteroatoms. The van der Waals surface area contributed by atoms with Gasteiger partial charge in [-0.3, -0.25) is 0 Å². The highest BCUT2D eigenvalue weighted by atomic mass is 35.5. The Morgan fingerprint density at radius 3 is 2.78 bits per heavy atom. The third-order valence-electron chi connectivity index (χ3n) is 1.68.